The number of hydrogen-bond donors (Lipinski definition) is 0. The van der Waals surface area contributed by atoms with Crippen LogP contribution >= 0.6 is 0 Å². The SMILES string of the molecule is O=Cc1cccc2c1CCC(=O)N2c1ccccc1. The number of benzene rings is 2. The Morgan fingerprint density at radius 3 is 2.47 bits per heavy atom. The Balaban J connectivity index is 2.17. The molecule has 0 unspecified atom stereocenters. The van der Waals surface area contributed by atoms with Gasteiger partial charge in [-0.2, -0.15) is 0 Å². The van der Waals surface area contributed by atoms with Gasteiger partial charge in [0, 0.05) is 17.7 Å². The second kappa shape index (κ2) is 4.69. The molecule has 1 aliphatic rings. The zero-order chi connectivity index (χ0) is 13.2. The van der Waals surface area contributed by atoms with Crippen molar-refractivity contribution < 1.29 is 9.59 Å². The third-order valence-corrected chi connectivity index (χ3v) is 3.41. The molecule has 94 valence electrons. The molecule has 2 aromatic carbocycles. The van der Waals surface area contributed by atoms with Crippen LogP contribution in [0.2, 0.25) is 0 Å². The Bertz CT molecular complexity index is 634. The molecule has 0 radical (unpaired) electrons. The summed E-state index contributed by atoms with van der Waals surface area (Å²) >= 11 is 0. The van der Waals surface area contributed by atoms with E-state index in [1.165, 1.54) is 0 Å². The maximum absolute atomic E-state index is 12.2. The lowest BCUT2D eigenvalue weighted by Gasteiger charge is -2.30. The molecule has 1 amide bonds. The van der Waals surface area contributed by atoms with Crippen LogP contribution in [0.5, 0.6) is 0 Å². The average molecular weight is 251 g/mol. The molecule has 2 aromatic rings. The Morgan fingerprint density at radius 1 is 0.947 bits per heavy atom. The summed E-state index contributed by atoms with van der Waals surface area (Å²) in [6, 6.07) is 15.0. The van der Waals surface area contributed by atoms with E-state index in [-0.39, 0.29) is 5.91 Å². The number of rotatable bonds is 2. The number of carbonyl (C=O) groups is 2. The van der Waals surface area contributed by atoms with Crippen molar-refractivity contribution >= 4 is 23.6 Å². The molecule has 3 heteroatoms. The van der Waals surface area contributed by atoms with Gasteiger partial charge >= 0.3 is 0 Å². The fourth-order valence-electron chi connectivity index (χ4n) is 2.52. The molecule has 0 aromatic heterocycles. The smallest absolute Gasteiger partial charge is 0.231 e. The number of nitrogens with zero attached hydrogens (tertiary/aromatic N) is 1. The molecule has 0 spiro atoms. The molecular formula is C16H13NO2. The first-order valence-corrected chi connectivity index (χ1v) is 6.26. The molecule has 3 rings (SSSR count). The summed E-state index contributed by atoms with van der Waals surface area (Å²) in [5.74, 6) is 0.0711. The first-order valence-electron chi connectivity index (χ1n) is 6.26. The quantitative estimate of drug-likeness (QED) is 0.769. The number of amides is 1. The Morgan fingerprint density at radius 2 is 1.74 bits per heavy atom. The maximum Gasteiger partial charge on any atom is 0.231 e. The molecule has 0 N–H and O–H groups in total. The number of anilines is 2. The van der Waals surface area contributed by atoms with Crippen molar-refractivity contribution in [3.8, 4) is 0 Å². The first-order chi connectivity index (χ1) is 9.31. The van der Waals surface area contributed by atoms with Crippen molar-refractivity contribution in [2.45, 2.75) is 12.8 Å². The minimum Gasteiger partial charge on any atom is -0.298 e. The third kappa shape index (κ3) is 1.93. The molecule has 1 aliphatic heterocycles. The highest BCUT2D eigenvalue weighted by atomic mass is 16.2. The number of carbonyl (C=O) groups excluding carboxylic acids is 2. The minimum absolute atomic E-state index is 0.0711. The van der Waals surface area contributed by atoms with Gasteiger partial charge in [0.05, 0.1) is 5.69 Å². The van der Waals surface area contributed by atoms with E-state index in [1.54, 1.807) is 11.0 Å². The number of hydrogen-bond acceptors (Lipinski definition) is 2. The zero-order valence-corrected chi connectivity index (χ0v) is 10.4. The summed E-state index contributed by atoms with van der Waals surface area (Å²) in [5.41, 5.74) is 3.30. The first kappa shape index (κ1) is 11.7. The van der Waals surface area contributed by atoms with E-state index < -0.39 is 0 Å². The summed E-state index contributed by atoms with van der Waals surface area (Å²) in [6.45, 7) is 0. The highest BCUT2D eigenvalue weighted by molar-refractivity contribution is 6.04. The van der Waals surface area contributed by atoms with Crippen LogP contribution in [0, 0.1) is 0 Å². The van der Waals surface area contributed by atoms with Crippen molar-refractivity contribution in [1.82, 2.24) is 0 Å². The maximum atomic E-state index is 12.2. The standard InChI is InChI=1S/C16H13NO2/c18-11-12-5-4-8-15-14(12)9-10-16(19)17(15)13-6-2-1-3-7-13/h1-8,11H,9-10H2. The number of para-hydroxylation sites is 1. The van der Waals surface area contributed by atoms with Gasteiger partial charge in [-0.3, -0.25) is 14.5 Å². The van der Waals surface area contributed by atoms with E-state index in [0.717, 1.165) is 23.2 Å². The molecule has 19 heavy (non-hydrogen) atoms. The van der Waals surface area contributed by atoms with Crippen LogP contribution in [0.15, 0.2) is 48.5 Å². The van der Waals surface area contributed by atoms with Crippen LogP contribution in [0.3, 0.4) is 0 Å². The molecule has 0 aliphatic carbocycles. The van der Waals surface area contributed by atoms with Gasteiger partial charge in [0.2, 0.25) is 5.91 Å². The minimum atomic E-state index is 0.0711. The Labute approximate surface area is 111 Å². The number of fused-ring (bicyclic) bond motifs is 1. The highest BCUT2D eigenvalue weighted by Gasteiger charge is 2.26. The van der Waals surface area contributed by atoms with Gasteiger partial charge in [-0.1, -0.05) is 30.3 Å². The summed E-state index contributed by atoms with van der Waals surface area (Å²) in [4.78, 5) is 25.0. The average Bonchev–Trinajstić information content (AvgIpc) is 2.47. The Kier molecular flexibility index (Phi) is 2.88. The van der Waals surface area contributed by atoms with Gasteiger partial charge in [-0.05, 0) is 30.2 Å². The highest BCUT2D eigenvalue weighted by Crippen LogP contribution is 2.35. The van der Waals surface area contributed by atoms with Gasteiger partial charge < -0.3 is 0 Å². The largest absolute Gasteiger partial charge is 0.298 e. The van der Waals surface area contributed by atoms with Crippen molar-refractivity contribution in [2.24, 2.45) is 0 Å². The zero-order valence-electron chi connectivity index (χ0n) is 10.4. The molecule has 0 saturated heterocycles. The molecule has 0 saturated carbocycles. The summed E-state index contributed by atoms with van der Waals surface area (Å²) in [6.07, 6.45) is 1.93. The van der Waals surface area contributed by atoms with E-state index in [0.29, 0.717) is 18.4 Å². The van der Waals surface area contributed by atoms with Crippen LogP contribution in [0.1, 0.15) is 22.3 Å². The van der Waals surface area contributed by atoms with Gasteiger partial charge in [-0.25, -0.2) is 0 Å². The Hall–Kier alpha value is -2.42. The fraction of sp³-hybridized carbons (Fsp3) is 0.125. The van der Waals surface area contributed by atoms with E-state index in [1.807, 2.05) is 42.5 Å². The van der Waals surface area contributed by atoms with E-state index in [4.69, 9.17) is 0 Å². The number of aldehydes is 1. The fourth-order valence-corrected chi connectivity index (χ4v) is 2.52. The van der Waals surface area contributed by atoms with Gasteiger partial charge in [0.25, 0.3) is 0 Å². The summed E-state index contributed by atoms with van der Waals surface area (Å²) in [5, 5.41) is 0. The topological polar surface area (TPSA) is 37.4 Å². The van der Waals surface area contributed by atoms with Gasteiger partial charge in [0.15, 0.2) is 0 Å². The lowest BCUT2D eigenvalue weighted by Crippen LogP contribution is -2.31. The predicted octanol–water partition coefficient (Wildman–Crippen LogP) is 3.11. The van der Waals surface area contributed by atoms with E-state index in [9.17, 15) is 9.59 Å². The van der Waals surface area contributed by atoms with Crippen molar-refractivity contribution in [2.75, 3.05) is 4.90 Å². The monoisotopic (exact) mass is 251 g/mol. The third-order valence-electron chi connectivity index (χ3n) is 3.41. The molecule has 0 bridgehead atoms. The lowest BCUT2D eigenvalue weighted by atomic mass is 9.96. The van der Waals surface area contributed by atoms with Crippen LogP contribution in [0.25, 0.3) is 0 Å². The second-order valence-corrected chi connectivity index (χ2v) is 4.53. The molecular weight excluding hydrogens is 238 g/mol. The van der Waals surface area contributed by atoms with Gasteiger partial charge in [0.1, 0.15) is 6.29 Å². The summed E-state index contributed by atoms with van der Waals surface area (Å²) in [7, 11) is 0. The van der Waals surface area contributed by atoms with Crippen LogP contribution in [-0.4, -0.2) is 12.2 Å². The van der Waals surface area contributed by atoms with E-state index in [2.05, 4.69) is 0 Å². The molecule has 0 atom stereocenters. The lowest BCUT2D eigenvalue weighted by molar-refractivity contribution is -0.118. The van der Waals surface area contributed by atoms with Crippen molar-refractivity contribution in [1.29, 1.82) is 0 Å². The van der Waals surface area contributed by atoms with Crippen molar-refractivity contribution in [3.63, 3.8) is 0 Å². The van der Waals surface area contributed by atoms with Crippen LogP contribution < -0.4 is 4.90 Å². The molecule has 0 fully saturated rings. The normalized spacial score (nSPS) is 14.1. The molecule has 3 nitrogen and oxygen atoms in total. The van der Waals surface area contributed by atoms with Gasteiger partial charge in [-0.15, -0.1) is 0 Å². The predicted molar refractivity (Wildman–Crippen MR) is 73.7 cm³/mol. The van der Waals surface area contributed by atoms with Crippen molar-refractivity contribution in [3.05, 3.63) is 59.7 Å². The molecule has 1 heterocycles. The second-order valence-electron chi connectivity index (χ2n) is 4.53. The summed E-state index contributed by atoms with van der Waals surface area (Å²) < 4.78 is 0. The van der Waals surface area contributed by atoms with Crippen LogP contribution in [0.4, 0.5) is 11.4 Å². The van der Waals surface area contributed by atoms with Crippen LogP contribution in [-0.2, 0) is 11.2 Å². The van der Waals surface area contributed by atoms with E-state index >= 15 is 0 Å².